The standard InChI is InChI=1S/C18H25NO13/c20-5-9-11(22)13(24)14(25)17(30-9)32-16-12(23)10(6-21)31-18(15(16)26)29-8-3-1-7(2-4-8)19(27)28/h1-4,9-18,20-26H,5-6H2/t9-,10+,11-,12-,13+,14-,15+,16+,17+,18-/m1/s1. The molecule has 1 aromatic carbocycles. The van der Waals surface area contributed by atoms with E-state index >= 15 is 0 Å². The summed E-state index contributed by atoms with van der Waals surface area (Å²) in [5, 5.41) is 80.6. The van der Waals surface area contributed by atoms with Crippen molar-refractivity contribution < 1.29 is 59.6 Å². The molecule has 2 saturated heterocycles. The third-order valence-corrected chi connectivity index (χ3v) is 5.26. The first-order valence-corrected chi connectivity index (χ1v) is 9.67. The van der Waals surface area contributed by atoms with E-state index in [-0.39, 0.29) is 11.4 Å². The summed E-state index contributed by atoms with van der Waals surface area (Å²) < 4.78 is 21.5. The highest BCUT2D eigenvalue weighted by Crippen LogP contribution is 2.30. The predicted molar refractivity (Wildman–Crippen MR) is 100 cm³/mol. The quantitative estimate of drug-likeness (QED) is 0.155. The molecule has 2 aliphatic heterocycles. The van der Waals surface area contributed by atoms with Crippen LogP contribution in [0.25, 0.3) is 0 Å². The molecule has 0 aromatic heterocycles. The number of aliphatic hydroxyl groups excluding tert-OH is 7. The Morgan fingerprint density at radius 1 is 0.812 bits per heavy atom. The van der Waals surface area contributed by atoms with Crippen molar-refractivity contribution in [2.24, 2.45) is 0 Å². The number of aliphatic hydroxyl groups is 7. The lowest BCUT2D eigenvalue weighted by molar-refractivity contribution is -0.384. The molecule has 0 bridgehead atoms. The molecule has 2 fully saturated rings. The van der Waals surface area contributed by atoms with Gasteiger partial charge in [0.05, 0.1) is 18.1 Å². The Hall–Kier alpha value is -1.98. The topological polar surface area (TPSA) is 222 Å². The molecule has 7 N–H and O–H groups in total. The second kappa shape index (κ2) is 10.3. The minimum atomic E-state index is -1.79. The maximum atomic E-state index is 10.8. The third kappa shape index (κ3) is 4.99. The number of hydrogen-bond donors (Lipinski definition) is 7. The smallest absolute Gasteiger partial charge is 0.269 e. The van der Waals surface area contributed by atoms with Gasteiger partial charge in [0.2, 0.25) is 6.29 Å². The van der Waals surface area contributed by atoms with Crippen LogP contribution in [0, 0.1) is 10.1 Å². The zero-order chi connectivity index (χ0) is 23.6. The van der Waals surface area contributed by atoms with E-state index < -0.39 is 79.5 Å². The average Bonchev–Trinajstić information content (AvgIpc) is 2.78. The molecular weight excluding hydrogens is 438 g/mol. The normalized spacial score (nSPS) is 40.1. The van der Waals surface area contributed by atoms with E-state index in [1.807, 2.05) is 0 Å². The lowest BCUT2D eigenvalue weighted by Crippen LogP contribution is -2.65. The van der Waals surface area contributed by atoms with Crippen molar-refractivity contribution in [3.63, 3.8) is 0 Å². The lowest BCUT2D eigenvalue weighted by atomic mass is 9.97. The van der Waals surface area contributed by atoms with Crippen LogP contribution in [0.4, 0.5) is 5.69 Å². The molecule has 180 valence electrons. The van der Waals surface area contributed by atoms with Crippen LogP contribution in [0.5, 0.6) is 5.75 Å². The summed E-state index contributed by atoms with van der Waals surface area (Å²) in [4.78, 5) is 10.2. The highest BCUT2D eigenvalue weighted by molar-refractivity contribution is 5.36. The number of benzene rings is 1. The molecule has 0 radical (unpaired) electrons. The molecule has 0 aliphatic carbocycles. The molecule has 1 aromatic rings. The van der Waals surface area contributed by atoms with Crippen LogP contribution in [0.1, 0.15) is 0 Å². The lowest BCUT2D eigenvalue weighted by Gasteiger charge is -2.45. The Labute approximate surface area is 180 Å². The van der Waals surface area contributed by atoms with Crippen LogP contribution in [0.3, 0.4) is 0 Å². The van der Waals surface area contributed by atoms with Crippen LogP contribution >= 0.6 is 0 Å². The van der Waals surface area contributed by atoms with Crippen molar-refractivity contribution in [2.75, 3.05) is 13.2 Å². The van der Waals surface area contributed by atoms with E-state index in [0.717, 1.165) is 12.1 Å². The summed E-state index contributed by atoms with van der Waals surface area (Å²) in [5.41, 5.74) is -0.199. The van der Waals surface area contributed by atoms with E-state index in [2.05, 4.69) is 0 Å². The monoisotopic (exact) mass is 463 g/mol. The molecule has 0 amide bonds. The van der Waals surface area contributed by atoms with E-state index in [1.54, 1.807) is 0 Å². The summed E-state index contributed by atoms with van der Waals surface area (Å²) in [7, 11) is 0. The number of nitrogens with zero attached hydrogens (tertiary/aromatic N) is 1. The van der Waals surface area contributed by atoms with Gasteiger partial charge in [-0.2, -0.15) is 0 Å². The number of ether oxygens (including phenoxy) is 4. The van der Waals surface area contributed by atoms with E-state index in [0.29, 0.717) is 0 Å². The van der Waals surface area contributed by atoms with Gasteiger partial charge in [0.25, 0.3) is 5.69 Å². The van der Waals surface area contributed by atoms with Crippen molar-refractivity contribution >= 4 is 5.69 Å². The SMILES string of the molecule is O=[N+]([O-])c1ccc(O[C@@H]2O[C@@H](CO)[C@@H](O)[C@H](O[C@@H]3O[C@H](CO)[C@@H](O)[C@H](O)[C@H]3O)[C@@H]2O)cc1. The number of nitro groups is 1. The van der Waals surface area contributed by atoms with Crippen LogP contribution in [-0.2, 0) is 14.2 Å². The summed E-state index contributed by atoms with van der Waals surface area (Å²) in [6.07, 6.45) is -15.8. The van der Waals surface area contributed by atoms with Gasteiger partial charge >= 0.3 is 0 Å². The van der Waals surface area contributed by atoms with Crippen LogP contribution in [-0.4, -0.2) is 115 Å². The van der Waals surface area contributed by atoms with Crippen molar-refractivity contribution in [3.05, 3.63) is 34.4 Å². The fourth-order valence-corrected chi connectivity index (χ4v) is 3.43. The number of nitro benzene ring substituents is 1. The second-order valence-electron chi connectivity index (χ2n) is 7.37. The van der Waals surface area contributed by atoms with Crippen molar-refractivity contribution in [1.29, 1.82) is 0 Å². The van der Waals surface area contributed by atoms with Gasteiger partial charge in [-0.05, 0) is 12.1 Å². The van der Waals surface area contributed by atoms with Gasteiger partial charge in [-0.3, -0.25) is 10.1 Å². The number of hydrogen-bond acceptors (Lipinski definition) is 13. The van der Waals surface area contributed by atoms with Gasteiger partial charge < -0.3 is 54.7 Å². The van der Waals surface area contributed by atoms with E-state index in [9.17, 15) is 45.9 Å². The van der Waals surface area contributed by atoms with Crippen LogP contribution in [0.2, 0.25) is 0 Å². The zero-order valence-corrected chi connectivity index (χ0v) is 16.5. The van der Waals surface area contributed by atoms with Gasteiger partial charge in [-0.1, -0.05) is 0 Å². The average molecular weight is 463 g/mol. The van der Waals surface area contributed by atoms with Gasteiger partial charge in [-0.15, -0.1) is 0 Å². The zero-order valence-electron chi connectivity index (χ0n) is 16.5. The third-order valence-electron chi connectivity index (χ3n) is 5.26. The summed E-state index contributed by atoms with van der Waals surface area (Å²) >= 11 is 0. The highest BCUT2D eigenvalue weighted by atomic mass is 16.7. The Morgan fingerprint density at radius 2 is 1.38 bits per heavy atom. The fraction of sp³-hybridized carbons (Fsp3) is 0.667. The Morgan fingerprint density at radius 3 is 1.94 bits per heavy atom. The molecule has 10 atom stereocenters. The minimum absolute atomic E-state index is 0.0688. The predicted octanol–water partition coefficient (Wildman–Crippen LogP) is -3.40. The minimum Gasteiger partial charge on any atom is -0.462 e. The molecular formula is C18H25NO13. The first kappa shape index (κ1) is 24.7. The maximum Gasteiger partial charge on any atom is 0.269 e. The summed E-state index contributed by atoms with van der Waals surface area (Å²) in [6.45, 7) is -1.42. The maximum absolute atomic E-state index is 10.8. The molecule has 3 rings (SSSR count). The summed E-state index contributed by atoms with van der Waals surface area (Å²) in [5.74, 6) is 0.0688. The van der Waals surface area contributed by atoms with Gasteiger partial charge in [0.15, 0.2) is 6.29 Å². The molecule has 14 heteroatoms. The number of rotatable bonds is 7. The highest BCUT2D eigenvalue weighted by Gasteiger charge is 2.51. The van der Waals surface area contributed by atoms with Crippen molar-refractivity contribution in [1.82, 2.24) is 0 Å². The number of non-ortho nitro benzene ring substituents is 1. The summed E-state index contributed by atoms with van der Waals surface area (Å²) in [6, 6.07) is 4.82. The Balaban J connectivity index is 1.76. The van der Waals surface area contributed by atoms with Gasteiger partial charge in [-0.25, -0.2) is 0 Å². The molecule has 0 unspecified atom stereocenters. The van der Waals surface area contributed by atoms with Crippen LogP contribution < -0.4 is 4.74 Å². The van der Waals surface area contributed by atoms with E-state index in [4.69, 9.17) is 18.9 Å². The van der Waals surface area contributed by atoms with E-state index in [1.165, 1.54) is 12.1 Å². The van der Waals surface area contributed by atoms with Gasteiger partial charge in [0, 0.05) is 12.1 Å². The largest absolute Gasteiger partial charge is 0.462 e. The van der Waals surface area contributed by atoms with Crippen molar-refractivity contribution in [2.45, 2.75) is 61.4 Å². The first-order chi connectivity index (χ1) is 15.2. The Kier molecular flexibility index (Phi) is 7.94. The van der Waals surface area contributed by atoms with Crippen molar-refractivity contribution in [3.8, 4) is 5.75 Å². The molecule has 14 nitrogen and oxygen atoms in total. The van der Waals surface area contributed by atoms with Crippen LogP contribution in [0.15, 0.2) is 24.3 Å². The van der Waals surface area contributed by atoms with Gasteiger partial charge in [0.1, 0.15) is 54.6 Å². The molecule has 0 spiro atoms. The molecule has 2 aliphatic rings. The molecule has 32 heavy (non-hydrogen) atoms. The molecule has 2 heterocycles. The second-order valence-corrected chi connectivity index (χ2v) is 7.37. The Bertz CT molecular complexity index is 762. The molecule has 0 saturated carbocycles. The first-order valence-electron chi connectivity index (χ1n) is 9.67. The fourth-order valence-electron chi connectivity index (χ4n) is 3.43.